The van der Waals surface area contributed by atoms with E-state index >= 15 is 0 Å². The van der Waals surface area contributed by atoms with Gasteiger partial charge >= 0.3 is 6.03 Å². The number of hydrogen-bond donors (Lipinski definition) is 1. The van der Waals surface area contributed by atoms with Crippen molar-refractivity contribution in [2.24, 2.45) is 0 Å². The summed E-state index contributed by atoms with van der Waals surface area (Å²) in [7, 11) is 0. The van der Waals surface area contributed by atoms with E-state index in [4.69, 9.17) is 16.6 Å². The normalized spacial score (nSPS) is 12.0. The zero-order valence-electron chi connectivity index (χ0n) is 18.9. The first-order valence-corrected chi connectivity index (χ1v) is 12.4. The Labute approximate surface area is 198 Å². The van der Waals surface area contributed by atoms with Crippen LogP contribution in [0.2, 0.25) is 5.02 Å². The number of aromatic nitrogens is 2. The Morgan fingerprint density at radius 2 is 1.91 bits per heavy atom. The van der Waals surface area contributed by atoms with E-state index in [9.17, 15) is 9.59 Å². The van der Waals surface area contributed by atoms with Gasteiger partial charge in [-0.25, -0.2) is 9.78 Å². The van der Waals surface area contributed by atoms with Crippen LogP contribution in [0.1, 0.15) is 45.5 Å². The number of nitrogens with zero attached hydrogens (tertiary/aromatic N) is 3. The summed E-state index contributed by atoms with van der Waals surface area (Å²) in [5.74, 6) is 0.580. The molecule has 3 rings (SSSR count). The average molecular weight is 473 g/mol. The summed E-state index contributed by atoms with van der Waals surface area (Å²) in [5, 5.41) is 4.05. The number of urea groups is 1. The van der Waals surface area contributed by atoms with Crippen LogP contribution in [0.4, 0.5) is 10.5 Å². The van der Waals surface area contributed by atoms with Crippen molar-refractivity contribution < 1.29 is 4.79 Å². The molecule has 0 aliphatic rings. The SMILES string of the molecule is CCCN(C(=O)Nc1ccc(SC)cc1)C(CC)c1nc2cc(Cl)ccc2c(=O)n1CC. The predicted octanol–water partition coefficient (Wildman–Crippen LogP) is 6.19. The van der Waals surface area contributed by atoms with Gasteiger partial charge in [-0.1, -0.05) is 25.4 Å². The van der Waals surface area contributed by atoms with Crippen LogP contribution in [0.3, 0.4) is 0 Å². The predicted molar refractivity (Wildman–Crippen MR) is 134 cm³/mol. The highest BCUT2D eigenvalue weighted by atomic mass is 35.5. The molecule has 0 bridgehead atoms. The van der Waals surface area contributed by atoms with Crippen LogP contribution in [-0.4, -0.2) is 33.3 Å². The van der Waals surface area contributed by atoms with Crippen LogP contribution >= 0.6 is 23.4 Å². The summed E-state index contributed by atoms with van der Waals surface area (Å²) in [4.78, 5) is 34.2. The van der Waals surface area contributed by atoms with Crippen molar-refractivity contribution in [3.8, 4) is 0 Å². The van der Waals surface area contributed by atoms with E-state index in [1.165, 1.54) is 0 Å². The number of carbonyl (C=O) groups excluding carboxylic acids is 1. The molecule has 32 heavy (non-hydrogen) atoms. The van der Waals surface area contributed by atoms with Crippen LogP contribution in [0, 0.1) is 0 Å². The van der Waals surface area contributed by atoms with Crippen LogP contribution in [0.25, 0.3) is 10.9 Å². The molecule has 1 atom stereocenters. The van der Waals surface area contributed by atoms with Gasteiger partial charge in [-0.2, -0.15) is 0 Å². The first-order chi connectivity index (χ1) is 15.4. The first kappa shape index (κ1) is 24.1. The Morgan fingerprint density at radius 3 is 2.50 bits per heavy atom. The van der Waals surface area contributed by atoms with E-state index in [1.807, 2.05) is 51.3 Å². The standard InChI is InChI=1S/C24H29ClN4O2S/c1-5-14-29(24(31)26-17-9-11-18(32-4)12-10-17)21(6-2)22-27-20-15-16(25)8-13-19(20)23(30)28(22)7-3/h8-13,15,21H,5-7,14H2,1-4H3,(H,26,31). The van der Waals surface area contributed by atoms with Gasteiger partial charge in [-0.05, 0) is 68.5 Å². The maximum atomic E-state index is 13.3. The van der Waals surface area contributed by atoms with E-state index in [-0.39, 0.29) is 17.6 Å². The van der Waals surface area contributed by atoms with Crippen LogP contribution < -0.4 is 10.9 Å². The van der Waals surface area contributed by atoms with Crippen molar-refractivity contribution in [1.82, 2.24) is 14.5 Å². The zero-order chi connectivity index (χ0) is 23.3. The minimum Gasteiger partial charge on any atom is -0.314 e. The fraction of sp³-hybridized carbons (Fsp3) is 0.375. The summed E-state index contributed by atoms with van der Waals surface area (Å²) < 4.78 is 1.66. The van der Waals surface area contributed by atoms with Gasteiger partial charge in [0.15, 0.2) is 0 Å². The summed E-state index contributed by atoms with van der Waals surface area (Å²) in [6, 6.07) is 12.3. The third kappa shape index (κ3) is 5.10. The largest absolute Gasteiger partial charge is 0.322 e. The summed E-state index contributed by atoms with van der Waals surface area (Å²) in [6.45, 7) is 6.95. The van der Waals surface area contributed by atoms with E-state index in [2.05, 4.69) is 5.32 Å². The highest BCUT2D eigenvalue weighted by Gasteiger charge is 2.28. The zero-order valence-corrected chi connectivity index (χ0v) is 20.5. The van der Waals surface area contributed by atoms with E-state index in [0.29, 0.717) is 41.3 Å². The van der Waals surface area contributed by atoms with Crippen LogP contribution in [-0.2, 0) is 6.54 Å². The third-order valence-corrected chi connectivity index (χ3v) is 6.37. The second-order valence-electron chi connectivity index (χ2n) is 7.46. The molecule has 1 unspecified atom stereocenters. The second-order valence-corrected chi connectivity index (χ2v) is 8.77. The topological polar surface area (TPSA) is 67.2 Å². The van der Waals surface area contributed by atoms with E-state index < -0.39 is 0 Å². The monoisotopic (exact) mass is 472 g/mol. The van der Waals surface area contributed by atoms with Crippen molar-refractivity contribution in [2.45, 2.75) is 51.1 Å². The lowest BCUT2D eigenvalue weighted by Gasteiger charge is -2.32. The lowest BCUT2D eigenvalue weighted by Crippen LogP contribution is -2.41. The molecule has 6 nitrogen and oxygen atoms in total. The van der Waals surface area contributed by atoms with Gasteiger partial charge in [0, 0.05) is 28.7 Å². The Kier molecular flexibility index (Phi) is 8.21. The van der Waals surface area contributed by atoms with Crippen molar-refractivity contribution in [1.29, 1.82) is 0 Å². The number of fused-ring (bicyclic) bond motifs is 1. The van der Waals surface area contributed by atoms with Crippen molar-refractivity contribution in [3.63, 3.8) is 0 Å². The number of benzene rings is 2. The Hall–Kier alpha value is -2.51. The van der Waals surface area contributed by atoms with Gasteiger partial charge in [0.2, 0.25) is 0 Å². The maximum Gasteiger partial charge on any atom is 0.322 e. The third-order valence-electron chi connectivity index (χ3n) is 5.39. The molecular formula is C24H29ClN4O2S. The summed E-state index contributed by atoms with van der Waals surface area (Å²) >= 11 is 7.81. The molecule has 1 aromatic heterocycles. The molecular weight excluding hydrogens is 444 g/mol. The van der Waals surface area contributed by atoms with Gasteiger partial charge in [0.05, 0.1) is 16.9 Å². The molecule has 170 valence electrons. The van der Waals surface area contributed by atoms with Gasteiger partial charge in [-0.15, -0.1) is 11.8 Å². The van der Waals surface area contributed by atoms with Gasteiger partial charge in [0.1, 0.15) is 5.82 Å². The van der Waals surface area contributed by atoms with Crippen LogP contribution in [0.15, 0.2) is 52.2 Å². The van der Waals surface area contributed by atoms with Gasteiger partial charge < -0.3 is 10.2 Å². The Balaban J connectivity index is 2.03. The molecule has 2 amide bonds. The summed E-state index contributed by atoms with van der Waals surface area (Å²) in [6.07, 6.45) is 3.42. The highest BCUT2D eigenvalue weighted by Crippen LogP contribution is 2.26. The Morgan fingerprint density at radius 1 is 1.19 bits per heavy atom. The number of carbonyl (C=O) groups is 1. The lowest BCUT2D eigenvalue weighted by molar-refractivity contribution is 0.180. The van der Waals surface area contributed by atoms with E-state index in [0.717, 1.165) is 17.0 Å². The van der Waals surface area contributed by atoms with Crippen molar-refractivity contribution >= 4 is 46.0 Å². The minimum atomic E-state index is -0.351. The van der Waals surface area contributed by atoms with Gasteiger partial charge in [0.25, 0.3) is 5.56 Å². The molecule has 0 aliphatic carbocycles. The quantitative estimate of drug-likeness (QED) is 0.397. The summed E-state index contributed by atoms with van der Waals surface area (Å²) in [5.41, 5.74) is 1.16. The van der Waals surface area contributed by atoms with Gasteiger partial charge in [-0.3, -0.25) is 9.36 Å². The molecule has 1 heterocycles. The molecule has 0 aliphatic heterocycles. The number of thioether (sulfide) groups is 1. The van der Waals surface area contributed by atoms with Crippen molar-refractivity contribution in [3.05, 3.63) is 63.7 Å². The minimum absolute atomic E-state index is 0.118. The molecule has 8 heteroatoms. The molecule has 0 spiro atoms. The molecule has 0 saturated carbocycles. The Bertz CT molecular complexity index is 1150. The number of rotatable bonds is 8. The smallest absolute Gasteiger partial charge is 0.314 e. The molecule has 0 fully saturated rings. The first-order valence-electron chi connectivity index (χ1n) is 10.8. The molecule has 0 radical (unpaired) electrons. The second kappa shape index (κ2) is 10.9. The van der Waals surface area contributed by atoms with Crippen LogP contribution in [0.5, 0.6) is 0 Å². The average Bonchev–Trinajstić information content (AvgIpc) is 2.79. The lowest BCUT2D eigenvalue weighted by atomic mass is 10.1. The molecule has 1 N–H and O–H groups in total. The molecule has 3 aromatic rings. The number of anilines is 1. The molecule has 0 saturated heterocycles. The number of hydrogen-bond acceptors (Lipinski definition) is 4. The van der Waals surface area contributed by atoms with Crippen molar-refractivity contribution in [2.75, 3.05) is 18.1 Å². The highest BCUT2D eigenvalue weighted by molar-refractivity contribution is 7.98. The molecule has 2 aromatic carbocycles. The van der Waals surface area contributed by atoms with E-state index in [1.54, 1.807) is 39.4 Å². The maximum absolute atomic E-state index is 13.3. The number of nitrogens with one attached hydrogen (secondary N) is 1. The number of halogens is 1. The fourth-order valence-electron chi connectivity index (χ4n) is 3.82. The number of amides is 2. The fourth-order valence-corrected chi connectivity index (χ4v) is 4.40.